The minimum atomic E-state index is -1.09. The Morgan fingerprint density at radius 3 is 2.52 bits per heavy atom. The summed E-state index contributed by atoms with van der Waals surface area (Å²) in [5.74, 6) is -1.32. The number of carbonyl (C=O) groups is 2. The zero-order valence-electron chi connectivity index (χ0n) is 15.8. The lowest BCUT2D eigenvalue weighted by Gasteiger charge is -2.33. The summed E-state index contributed by atoms with van der Waals surface area (Å²) in [6, 6.07) is 19.0. The summed E-state index contributed by atoms with van der Waals surface area (Å²) in [5, 5.41) is 24.9. The molecule has 3 atom stereocenters. The number of hydrogen-bond acceptors (Lipinski definition) is 4. The molecule has 148 valence electrons. The maximum atomic E-state index is 11.5. The van der Waals surface area contributed by atoms with Crippen LogP contribution in [-0.4, -0.2) is 33.9 Å². The summed E-state index contributed by atoms with van der Waals surface area (Å²) in [6.07, 6.45) is -0.767. The van der Waals surface area contributed by atoms with Gasteiger partial charge in [0.2, 0.25) is 5.91 Å². The summed E-state index contributed by atoms with van der Waals surface area (Å²) in [4.78, 5) is 22.9. The molecule has 6 heteroatoms. The fourth-order valence-corrected chi connectivity index (χ4v) is 5.27. The van der Waals surface area contributed by atoms with Gasteiger partial charge in [-0.05, 0) is 33.0 Å². The van der Waals surface area contributed by atoms with Crippen molar-refractivity contribution < 1.29 is 19.8 Å². The first-order valence-corrected chi connectivity index (χ1v) is 10.4. The third kappa shape index (κ3) is 3.61. The van der Waals surface area contributed by atoms with Crippen LogP contribution in [0.4, 0.5) is 0 Å². The highest BCUT2D eigenvalue weighted by Crippen LogP contribution is 2.52. The van der Waals surface area contributed by atoms with E-state index in [0.717, 1.165) is 33.0 Å². The Labute approximate surface area is 172 Å². The number of thioether (sulfide) groups is 1. The SMILES string of the molecule is CC(=O)NC(CSC1c2ccc3ccccc3c2-c2ccccc2C1O)C(=O)O. The molecule has 3 N–H and O–H groups in total. The van der Waals surface area contributed by atoms with Gasteiger partial charge in [-0.3, -0.25) is 4.79 Å². The number of fused-ring (bicyclic) bond motifs is 5. The molecule has 0 aliphatic heterocycles. The predicted molar refractivity (Wildman–Crippen MR) is 115 cm³/mol. The van der Waals surface area contributed by atoms with E-state index in [-0.39, 0.29) is 16.9 Å². The van der Waals surface area contributed by atoms with E-state index in [1.165, 1.54) is 18.7 Å². The molecule has 1 aliphatic carbocycles. The Balaban J connectivity index is 1.78. The van der Waals surface area contributed by atoms with Crippen molar-refractivity contribution in [3.63, 3.8) is 0 Å². The quantitative estimate of drug-likeness (QED) is 0.597. The van der Waals surface area contributed by atoms with Crippen LogP contribution in [0.3, 0.4) is 0 Å². The van der Waals surface area contributed by atoms with Crippen LogP contribution in [0.1, 0.15) is 29.4 Å². The molecule has 5 nitrogen and oxygen atoms in total. The highest BCUT2D eigenvalue weighted by atomic mass is 32.2. The van der Waals surface area contributed by atoms with Crippen LogP contribution in [0.2, 0.25) is 0 Å². The number of amides is 1. The van der Waals surface area contributed by atoms with Gasteiger partial charge in [0, 0.05) is 12.7 Å². The van der Waals surface area contributed by atoms with Crippen molar-refractivity contribution in [1.29, 1.82) is 0 Å². The van der Waals surface area contributed by atoms with Crippen LogP contribution in [0.15, 0.2) is 60.7 Å². The van der Waals surface area contributed by atoms with Gasteiger partial charge in [-0.1, -0.05) is 60.7 Å². The highest BCUT2D eigenvalue weighted by molar-refractivity contribution is 7.99. The van der Waals surface area contributed by atoms with Gasteiger partial charge >= 0.3 is 5.97 Å². The second-order valence-corrected chi connectivity index (χ2v) is 8.30. The molecule has 29 heavy (non-hydrogen) atoms. The van der Waals surface area contributed by atoms with Crippen LogP contribution in [0.5, 0.6) is 0 Å². The number of aliphatic hydroxyl groups is 1. The van der Waals surface area contributed by atoms with Crippen LogP contribution >= 0.6 is 11.8 Å². The lowest BCUT2D eigenvalue weighted by atomic mass is 9.81. The number of carbonyl (C=O) groups excluding carboxylic acids is 1. The number of aliphatic carboxylic acids is 1. The lowest BCUT2D eigenvalue weighted by Crippen LogP contribution is -2.41. The molecule has 3 aromatic rings. The molecular weight excluding hydrogens is 386 g/mol. The summed E-state index contributed by atoms with van der Waals surface area (Å²) >= 11 is 1.35. The Kier molecular flexibility index (Phi) is 5.30. The molecule has 0 bridgehead atoms. The van der Waals surface area contributed by atoms with Gasteiger partial charge in [0.25, 0.3) is 0 Å². The van der Waals surface area contributed by atoms with Gasteiger partial charge in [-0.15, -0.1) is 11.8 Å². The maximum absolute atomic E-state index is 11.5. The molecule has 0 saturated heterocycles. The zero-order valence-corrected chi connectivity index (χ0v) is 16.6. The standard InChI is InChI=1S/C23H21NO4S/c1-13(25)24-19(23(27)28)12-29-22-18-11-10-14-6-2-3-7-15(14)20(18)16-8-4-5-9-17(16)21(22)26/h2-11,19,21-22,26H,12H2,1H3,(H,24,25)(H,27,28). The number of carboxylic acids is 1. The largest absolute Gasteiger partial charge is 0.480 e. The number of rotatable bonds is 5. The van der Waals surface area contributed by atoms with Gasteiger partial charge in [0.05, 0.1) is 11.4 Å². The average Bonchev–Trinajstić information content (AvgIpc) is 2.71. The number of carboxylic acid groups (broad SMARTS) is 1. The first kappa shape index (κ1) is 19.5. The van der Waals surface area contributed by atoms with E-state index in [1.807, 2.05) is 48.5 Å². The smallest absolute Gasteiger partial charge is 0.327 e. The maximum Gasteiger partial charge on any atom is 0.327 e. The zero-order chi connectivity index (χ0) is 20.5. The molecule has 4 rings (SSSR count). The Morgan fingerprint density at radius 1 is 1.03 bits per heavy atom. The number of aliphatic hydroxyl groups excluding tert-OH is 1. The van der Waals surface area contributed by atoms with Crippen LogP contribution < -0.4 is 5.32 Å². The van der Waals surface area contributed by atoms with Crippen molar-refractivity contribution >= 4 is 34.4 Å². The van der Waals surface area contributed by atoms with Gasteiger partial charge in [0.1, 0.15) is 6.04 Å². The molecular formula is C23H21NO4S. The topological polar surface area (TPSA) is 86.6 Å². The summed E-state index contributed by atoms with van der Waals surface area (Å²) in [6.45, 7) is 1.30. The third-order valence-electron chi connectivity index (χ3n) is 5.22. The molecule has 1 aliphatic rings. The summed E-state index contributed by atoms with van der Waals surface area (Å²) in [5.41, 5.74) is 3.89. The van der Waals surface area contributed by atoms with Crippen molar-refractivity contribution in [1.82, 2.24) is 5.32 Å². The Morgan fingerprint density at radius 2 is 1.76 bits per heavy atom. The second-order valence-electron chi connectivity index (χ2n) is 7.13. The highest BCUT2D eigenvalue weighted by Gasteiger charge is 2.34. The number of nitrogens with one attached hydrogen (secondary N) is 1. The molecule has 0 saturated carbocycles. The first-order chi connectivity index (χ1) is 14.0. The van der Waals surface area contributed by atoms with E-state index in [4.69, 9.17) is 0 Å². The van der Waals surface area contributed by atoms with Gasteiger partial charge < -0.3 is 15.5 Å². The van der Waals surface area contributed by atoms with Crippen LogP contribution in [-0.2, 0) is 9.59 Å². The Bertz CT molecular complexity index is 1100. The second kappa shape index (κ2) is 7.89. The van der Waals surface area contributed by atoms with E-state index in [2.05, 4.69) is 17.4 Å². The van der Waals surface area contributed by atoms with E-state index in [0.29, 0.717) is 0 Å². The average molecular weight is 407 g/mol. The first-order valence-electron chi connectivity index (χ1n) is 9.38. The van der Waals surface area contributed by atoms with Gasteiger partial charge in [-0.25, -0.2) is 4.79 Å². The van der Waals surface area contributed by atoms with E-state index in [9.17, 15) is 19.8 Å². The molecule has 0 radical (unpaired) electrons. The van der Waals surface area contributed by atoms with Gasteiger partial charge in [0.15, 0.2) is 0 Å². The van der Waals surface area contributed by atoms with Crippen LogP contribution in [0, 0.1) is 0 Å². The van der Waals surface area contributed by atoms with Crippen molar-refractivity contribution in [3.8, 4) is 11.1 Å². The minimum absolute atomic E-state index is 0.158. The van der Waals surface area contributed by atoms with E-state index in [1.54, 1.807) is 0 Å². The lowest BCUT2D eigenvalue weighted by molar-refractivity contribution is -0.140. The summed E-state index contributed by atoms with van der Waals surface area (Å²) < 4.78 is 0. The van der Waals surface area contributed by atoms with Crippen LogP contribution in [0.25, 0.3) is 21.9 Å². The predicted octanol–water partition coefficient (Wildman–Crippen LogP) is 3.92. The molecule has 3 aromatic carbocycles. The molecule has 0 heterocycles. The molecule has 1 amide bonds. The summed E-state index contributed by atoms with van der Waals surface area (Å²) in [7, 11) is 0. The van der Waals surface area contributed by atoms with E-state index >= 15 is 0 Å². The Hall–Kier alpha value is -2.83. The number of hydrogen-bond donors (Lipinski definition) is 3. The van der Waals surface area contributed by atoms with Gasteiger partial charge in [-0.2, -0.15) is 0 Å². The van der Waals surface area contributed by atoms with Crippen molar-refractivity contribution in [2.45, 2.75) is 24.3 Å². The third-order valence-corrected chi connectivity index (χ3v) is 6.62. The molecule has 0 fully saturated rings. The molecule has 0 aromatic heterocycles. The minimum Gasteiger partial charge on any atom is -0.480 e. The normalized spacial score (nSPS) is 18.6. The molecule has 3 unspecified atom stereocenters. The fraction of sp³-hybridized carbons (Fsp3) is 0.217. The monoisotopic (exact) mass is 407 g/mol. The fourth-order valence-electron chi connectivity index (χ4n) is 3.94. The van der Waals surface area contributed by atoms with Crippen molar-refractivity contribution in [2.24, 2.45) is 0 Å². The molecule has 0 spiro atoms. The van der Waals surface area contributed by atoms with Crippen molar-refractivity contribution in [2.75, 3.05) is 5.75 Å². The van der Waals surface area contributed by atoms with E-state index < -0.39 is 18.1 Å². The number of benzene rings is 3. The van der Waals surface area contributed by atoms with Crippen molar-refractivity contribution in [3.05, 3.63) is 71.8 Å².